The van der Waals surface area contributed by atoms with Gasteiger partial charge in [-0.05, 0) is 6.42 Å². The monoisotopic (exact) mass is 315 g/mol. The quantitative estimate of drug-likeness (QED) is 0.291. The van der Waals surface area contributed by atoms with Gasteiger partial charge in [0.25, 0.3) is 5.91 Å². The maximum atomic E-state index is 11.1. The molecule has 4 nitrogen and oxygen atoms in total. The second-order valence-corrected chi connectivity index (χ2v) is 7.16. The molecule has 0 aliphatic rings. The fourth-order valence-electron chi connectivity index (χ4n) is 2.96. The van der Waals surface area contributed by atoms with Crippen LogP contribution in [0.2, 0.25) is 0 Å². The first kappa shape index (κ1) is 21.4. The number of carbonyl (C=O) groups excluding carboxylic acids is 1. The Kier molecular flexibility index (Phi) is 12.5. The molecule has 1 unspecified atom stereocenters. The normalized spacial score (nSPS) is 13.1. The van der Waals surface area contributed by atoms with E-state index in [0.29, 0.717) is 11.1 Å². The standard InChI is InChI=1S/C18H38N2O2/c1-5-6-7-8-9-10-11-12-13-14-15-18(22)16-20(3,4)19-17(2)21/h18,22H,5-16H2,1-4H3/p+1. The molecule has 0 spiro atoms. The first-order valence-corrected chi connectivity index (χ1v) is 9.17. The molecule has 0 rings (SSSR count). The smallest absolute Gasteiger partial charge is 0.261 e. The fraction of sp³-hybridized carbons (Fsp3) is 0.944. The van der Waals surface area contributed by atoms with E-state index in [0.717, 1.165) is 12.8 Å². The summed E-state index contributed by atoms with van der Waals surface area (Å²) in [6, 6.07) is 0. The van der Waals surface area contributed by atoms with Crippen LogP contribution < -0.4 is 5.43 Å². The number of unbranched alkanes of at least 4 members (excludes halogenated alkanes) is 9. The molecular formula is C18H39N2O2+. The van der Waals surface area contributed by atoms with Crippen LogP contribution in [0.4, 0.5) is 0 Å². The molecular weight excluding hydrogens is 276 g/mol. The molecule has 0 aromatic carbocycles. The Balaban J connectivity index is 3.45. The van der Waals surface area contributed by atoms with Crippen LogP contribution in [0.3, 0.4) is 0 Å². The molecule has 132 valence electrons. The maximum absolute atomic E-state index is 11.1. The molecule has 0 aliphatic carbocycles. The Bertz CT molecular complexity index is 280. The number of hydrogen-bond donors (Lipinski definition) is 2. The Hall–Kier alpha value is -0.610. The molecule has 22 heavy (non-hydrogen) atoms. The van der Waals surface area contributed by atoms with E-state index in [9.17, 15) is 9.90 Å². The number of amides is 1. The van der Waals surface area contributed by atoms with Gasteiger partial charge in [-0.3, -0.25) is 4.79 Å². The van der Waals surface area contributed by atoms with E-state index in [-0.39, 0.29) is 12.0 Å². The molecule has 0 radical (unpaired) electrons. The van der Waals surface area contributed by atoms with Gasteiger partial charge in [-0.25, -0.2) is 10.0 Å². The largest absolute Gasteiger partial charge is 0.387 e. The van der Waals surface area contributed by atoms with Crippen molar-refractivity contribution >= 4 is 5.91 Å². The number of rotatable bonds is 14. The van der Waals surface area contributed by atoms with Crippen LogP contribution in [0.1, 0.15) is 84.5 Å². The van der Waals surface area contributed by atoms with E-state index >= 15 is 0 Å². The van der Waals surface area contributed by atoms with Crippen molar-refractivity contribution < 1.29 is 14.5 Å². The van der Waals surface area contributed by atoms with Crippen molar-refractivity contribution in [2.75, 3.05) is 20.6 Å². The van der Waals surface area contributed by atoms with Crippen LogP contribution in [0.5, 0.6) is 0 Å². The first-order valence-electron chi connectivity index (χ1n) is 9.17. The van der Waals surface area contributed by atoms with E-state index in [1.165, 1.54) is 64.7 Å². The Morgan fingerprint density at radius 2 is 1.41 bits per heavy atom. The van der Waals surface area contributed by atoms with Gasteiger partial charge in [0.1, 0.15) is 12.6 Å². The summed E-state index contributed by atoms with van der Waals surface area (Å²) < 4.78 is 0.342. The summed E-state index contributed by atoms with van der Waals surface area (Å²) in [5.41, 5.74) is 2.83. The summed E-state index contributed by atoms with van der Waals surface area (Å²) in [6.07, 6.45) is 13.6. The predicted octanol–water partition coefficient (Wildman–Crippen LogP) is 3.79. The van der Waals surface area contributed by atoms with Crippen LogP contribution >= 0.6 is 0 Å². The average molecular weight is 316 g/mol. The summed E-state index contributed by atoms with van der Waals surface area (Å²) in [5, 5.41) is 10.1. The van der Waals surface area contributed by atoms with Gasteiger partial charge in [-0.1, -0.05) is 71.1 Å². The van der Waals surface area contributed by atoms with Crippen LogP contribution in [0.15, 0.2) is 0 Å². The lowest BCUT2D eigenvalue weighted by molar-refractivity contribution is -0.927. The molecule has 4 heteroatoms. The molecule has 0 saturated carbocycles. The van der Waals surface area contributed by atoms with Gasteiger partial charge in [-0.15, -0.1) is 0 Å². The Morgan fingerprint density at radius 1 is 0.955 bits per heavy atom. The number of nitrogens with zero attached hydrogens (tertiary/aromatic N) is 1. The van der Waals surface area contributed by atoms with E-state index in [2.05, 4.69) is 12.3 Å². The van der Waals surface area contributed by atoms with Crippen molar-refractivity contribution in [1.82, 2.24) is 5.43 Å². The highest BCUT2D eigenvalue weighted by Crippen LogP contribution is 2.12. The van der Waals surface area contributed by atoms with Gasteiger partial charge < -0.3 is 5.11 Å². The molecule has 0 aromatic heterocycles. The third-order valence-electron chi connectivity index (χ3n) is 4.02. The average Bonchev–Trinajstić information content (AvgIpc) is 2.38. The van der Waals surface area contributed by atoms with E-state index in [4.69, 9.17) is 0 Å². The van der Waals surface area contributed by atoms with Crippen molar-refractivity contribution in [2.24, 2.45) is 0 Å². The van der Waals surface area contributed by atoms with Gasteiger partial charge in [0.15, 0.2) is 0 Å². The first-order chi connectivity index (χ1) is 10.4. The summed E-state index contributed by atoms with van der Waals surface area (Å²) in [6.45, 7) is 4.33. The molecule has 0 fully saturated rings. The zero-order valence-electron chi connectivity index (χ0n) is 15.4. The number of aliphatic hydroxyl groups excluding tert-OH is 1. The van der Waals surface area contributed by atoms with Crippen LogP contribution in [0.25, 0.3) is 0 Å². The van der Waals surface area contributed by atoms with Crippen LogP contribution in [-0.2, 0) is 4.79 Å². The van der Waals surface area contributed by atoms with Crippen LogP contribution in [-0.4, -0.2) is 42.3 Å². The second kappa shape index (κ2) is 12.9. The van der Waals surface area contributed by atoms with Gasteiger partial charge in [-0.2, -0.15) is 0 Å². The second-order valence-electron chi connectivity index (χ2n) is 7.16. The summed E-state index contributed by atoms with van der Waals surface area (Å²) in [7, 11) is 3.81. The highest BCUT2D eigenvalue weighted by Gasteiger charge is 2.21. The SMILES string of the molecule is CCCCCCCCCCCCC(O)C[N+](C)(C)NC(C)=O. The number of nitrogens with one attached hydrogen (secondary N) is 1. The number of quaternary nitrogens is 1. The maximum Gasteiger partial charge on any atom is 0.261 e. The summed E-state index contributed by atoms with van der Waals surface area (Å²) in [4.78, 5) is 11.1. The zero-order chi connectivity index (χ0) is 16.8. The van der Waals surface area contributed by atoms with Gasteiger partial charge in [0.05, 0.1) is 14.1 Å². The lowest BCUT2D eigenvalue weighted by atomic mass is 10.0. The molecule has 1 amide bonds. The number of aliphatic hydroxyl groups is 1. The minimum atomic E-state index is -0.337. The molecule has 0 saturated heterocycles. The van der Waals surface area contributed by atoms with Gasteiger partial charge in [0.2, 0.25) is 0 Å². The molecule has 0 aliphatic heterocycles. The number of likely N-dealkylation sites (N-methyl/N-ethyl adjacent to an activating group) is 1. The molecule has 1 atom stereocenters. The minimum absolute atomic E-state index is 0.0591. The Labute approximate surface area is 137 Å². The highest BCUT2D eigenvalue weighted by molar-refractivity contribution is 5.71. The fourth-order valence-corrected chi connectivity index (χ4v) is 2.96. The minimum Gasteiger partial charge on any atom is -0.387 e. The number of hydrogen-bond acceptors (Lipinski definition) is 2. The van der Waals surface area contributed by atoms with Crippen molar-refractivity contribution in [3.8, 4) is 0 Å². The van der Waals surface area contributed by atoms with Crippen molar-refractivity contribution in [3.63, 3.8) is 0 Å². The van der Waals surface area contributed by atoms with Crippen LogP contribution in [0, 0.1) is 0 Å². The molecule has 0 bridgehead atoms. The van der Waals surface area contributed by atoms with Crippen molar-refractivity contribution in [3.05, 3.63) is 0 Å². The topological polar surface area (TPSA) is 49.3 Å². The van der Waals surface area contributed by atoms with Crippen molar-refractivity contribution in [2.45, 2.75) is 90.6 Å². The third kappa shape index (κ3) is 14.3. The van der Waals surface area contributed by atoms with E-state index in [1.54, 1.807) is 0 Å². The van der Waals surface area contributed by atoms with Crippen molar-refractivity contribution in [1.29, 1.82) is 0 Å². The number of carbonyl (C=O) groups is 1. The molecule has 0 aromatic rings. The van der Waals surface area contributed by atoms with E-state index < -0.39 is 0 Å². The third-order valence-corrected chi connectivity index (χ3v) is 4.02. The highest BCUT2D eigenvalue weighted by atomic mass is 16.3. The van der Waals surface area contributed by atoms with E-state index in [1.807, 2.05) is 14.1 Å². The molecule has 2 N–H and O–H groups in total. The summed E-state index contributed by atoms with van der Waals surface area (Å²) in [5.74, 6) is -0.0591. The summed E-state index contributed by atoms with van der Waals surface area (Å²) >= 11 is 0. The predicted molar refractivity (Wildman–Crippen MR) is 93.3 cm³/mol. The van der Waals surface area contributed by atoms with Gasteiger partial charge >= 0.3 is 0 Å². The Morgan fingerprint density at radius 3 is 1.86 bits per heavy atom. The molecule has 0 heterocycles. The van der Waals surface area contributed by atoms with Gasteiger partial charge in [0, 0.05) is 6.92 Å². The lowest BCUT2D eigenvalue weighted by Gasteiger charge is -2.30. The lowest BCUT2D eigenvalue weighted by Crippen LogP contribution is -2.56. The zero-order valence-corrected chi connectivity index (χ0v) is 15.4.